The van der Waals surface area contributed by atoms with Crippen LogP contribution < -0.4 is 15.5 Å². The molecule has 0 saturated carbocycles. The van der Waals surface area contributed by atoms with E-state index >= 15 is 0 Å². The summed E-state index contributed by atoms with van der Waals surface area (Å²) in [7, 11) is 1.25. The second-order valence-electron chi connectivity index (χ2n) is 15.1. The fraction of sp³-hybridized carbons (Fsp3) is 0.311. The predicted octanol–water partition coefficient (Wildman–Crippen LogP) is 6.81. The van der Waals surface area contributed by atoms with Crippen LogP contribution in [0, 0.1) is 12.8 Å². The van der Waals surface area contributed by atoms with Crippen molar-refractivity contribution in [1.82, 2.24) is 20.2 Å². The molecule has 5 aromatic rings. The first-order valence-electron chi connectivity index (χ1n) is 18.7. The van der Waals surface area contributed by atoms with Gasteiger partial charge in [0.2, 0.25) is 11.8 Å². The molecule has 0 aliphatic carbocycles. The predicted molar refractivity (Wildman–Crippen MR) is 216 cm³/mol. The minimum absolute atomic E-state index is 0.0397. The summed E-state index contributed by atoms with van der Waals surface area (Å²) in [5.41, 5.74) is 3.20. The van der Waals surface area contributed by atoms with Crippen molar-refractivity contribution in [2.75, 3.05) is 18.6 Å². The van der Waals surface area contributed by atoms with Gasteiger partial charge in [-0.3, -0.25) is 14.5 Å². The van der Waals surface area contributed by atoms with Crippen LogP contribution in [-0.4, -0.2) is 64.8 Å². The van der Waals surface area contributed by atoms with Crippen LogP contribution >= 0.6 is 0 Å². The van der Waals surface area contributed by atoms with E-state index in [0.717, 1.165) is 22.3 Å². The van der Waals surface area contributed by atoms with Crippen LogP contribution in [0.3, 0.4) is 0 Å². The minimum Gasteiger partial charge on any atom is -0.467 e. The highest BCUT2D eigenvalue weighted by atomic mass is 16.6. The molecule has 0 unspecified atom stereocenters. The zero-order valence-corrected chi connectivity index (χ0v) is 33.1. The van der Waals surface area contributed by atoms with Gasteiger partial charge in [0.1, 0.15) is 29.8 Å². The standard InChI is InChI=1S/C45H51N5O6/c1-31(2)40(42(53)55-7)48-41(52)38(47-39(51)29-50(43(54)56-44(4,5)6)37-25-23-32(3)24-26-37)27-36-28-49(30-46-36)45(33-17-11-8-12-18-33,34-19-13-9-14-20-34)35-21-15-10-16-22-35/h8-26,28,30-31,38,40H,27,29H2,1-7H3,(H,47,51)(H,48,52)/t38-,40-/m0/s1. The lowest BCUT2D eigenvalue weighted by Crippen LogP contribution is -2.55. The van der Waals surface area contributed by atoms with E-state index in [1.54, 1.807) is 53.1 Å². The Morgan fingerprint density at radius 3 is 1.75 bits per heavy atom. The largest absolute Gasteiger partial charge is 0.467 e. The number of ether oxygens (including phenoxy) is 2. The molecule has 0 bridgehead atoms. The van der Waals surface area contributed by atoms with Crippen LogP contribution in [0.15, 0.2) is 128 Å². The Bertz CT molecular complexity index is 1980. The third kappa shape index (κ3) is 9.70. The Morgan fingerprint density at radius 1 is 0.768 bits per heavy atom. The molecule has 3 amide bonds. The van der Waals surface area contributed by atoms with E-state index in [1.807, 2.05) is 84.4 Å². The molecule has 56 heavy (non-hydrogen) atoms. The van der Waals surface area contributed by atoms with Gasteiger partial charge in [0.05, 0.1) is 19.1 Å². The van der Waals surface area contributed by atoms with Gasteiger partial charge < -0.3 is 24.7 Å². The quantitative estimate of drug-likeness (QED) is 0.0940. The maximum absolute atomic E-state index is 14.1. The number of carbonyl (C=O) groups is 4. The van der Waals surface area contributed by atoms with Gasteiger partial charge >= 0.3 is 12.1 Å². The van der Waals surface area contributed by atoms with Crippen LogP contribution in [0.5, 0.6) is 0 Å². The first kappa shape index (κ1) is 40.9. The number of hydrogen-bond donors (Lipinski definition) is 2. The molecule has 1 heterocycles. The average Bonchev–Trinajstić information content (AvgIpc) is 3.65. The van der Waals surface area contributed by atoms with Crippen molar-refractivity contribution in [3.8, 4) is 0 Å². The summed E-state index contributed by atoms with van der Waals surface area (Å²) < 4.78 is 12.7. The number of aryl methyl sites for hydroxylation is 1. The zero-order valence-electron chi connectivity index (χ0n) is 33.1. The minimum atomic E-state index is -1.20. The molecule has 11 heteroatoms. The molecule has 0 spiro atoms. The number of benzene rings is 4. The summed E-state index contributed by atoms with van der Waals surface area (Å²) in [6, 6.07) is 35.2. The van der Waals surface area contributed by atoms with Crippen molar-refractivity contribution in [2.45, 2.75) is 71.2 Å². The molecule has 0 fully saturated rings. The van der Waals surface area contributed by atoms with Crippen LogP contribution in [0.4, 0.5) is 10.5 Å². The van der Waals surface area contributed by atoms with Gasteiger partial charge in [0.15, 0.2) is 0 Å². The molecule has 0 saturated heterocycles. The van der Waals surface area contributed by atoms with E-state index in [-0.39, 0.29) is 12.3 Å². The van der Waals surface area contributed by atoms with E-state index < -0.39 is 53.6 Å². The zero-order chi connectivity index (χ0) is 40.5. The van der Waals surface area contributed by atoms with Crippen LogP contribution in [0.25, 0.3) is 0 Å². The Kier molecular flexibility index (Phi) is 13.1. The van der Waals surface area contributed by atoms with Crippen LogP contribution in [0.1, 0.15) is 62.6 Å². The van der Waals surface area contributed by atoms with E-state index in [1.165, 1.54) is 12.0 Å². The number of methoxy groups -OCH3 is 1. The monoisotopic (exact) mass is 757 g/mol. The second-order valence-corrected chi connectivity index (χ2v) is 15.1. The number of imidazole rings is 1. The highest BCUT2D eigenvalue weighted by molar-refractivity contribution is 5.97. The lowest BCUT2D eigenvalue weighted by Gasteiger charge is -2.37. The molecule has 5 rings (SSSR count). The molecule has 2 atom stereocenters. The fourth-order valence-electron chi connectivity index (χ4n) is 6.62. The van der Waals surface area contributed by atoms with E-state index in [9.17, 15) is 19.2 Å². The average molecular weight is 758 g/mol. The van der Waals surface area contributed by atoms with E-state index in [0.29, 0.717) is 11.4 Å². The Morgan fingerprint density at radius 2 is 1.29 bits per heavy atom. The summed E-state index contributed by atoms with van der Waals surface area (Å²) in [6.45, 7) is 10.3. The Labute approximate surface area is 329 Å². The molecule has 1 aromatic heterocycles. The SMILES string of the molecule is COC(=O)[C@@H](NC(=O)[C@H](Cc1cn(C(c2ccccc2)(c2ccccc2)c2ccccc2)cn1)NC(=O)CN(C(=O)OC(C)(C)C)c1ccc(C)cc1)C(C)C. The van der Waals surface area contributed by atoms with Gasteiger partial charge in [0, 0.05) is 18.3 Å². The number of carbonyl (C=O) groups excluding carboxylic acids is 4. The Hall–Kier alpha value is -6.23. The number of nitrogens with one attached hydrogen (secondary N) is 2. The van der Waals surface area contributed by atoms with Gasteiger partial charge in [-0.1, -0.05) is 123 Å². The van der Waals surface area contributed by atoms with Crippen LogP contribution in [0.2, 0.25) is 0 Å². The first-order chi connectivity index (χ1) is 26.7. The number of rotatable bonds is 14. The number of anilines is 1. The Balaban J connectivity index is 1.54. The molecular weight excluding hydrogens is 707 g/mol. The van der Waals surface area contributed by atoms with Gasteiger partial charge in [-0.05, 0) is 62.4 Å². The normalized spacial score (nSPS) is 12.6. The topological polar surface area (TPSA) is 132 Å². The lowest BCUT2D eigenvalue weighted by atomic mass is 9.77. The van der Waals surface area contributed by atoms with Crippen molar-refractivity contribution in [3.63, 3.8) is 0 Å². The van der Waals surface area contributed by atoms with Gasteiger partial charge in [-0.25, -0.2) is 14.6 Å². The van der Waals surface area contributed by atoms with Crippen molar-refractivity contribution in [2.24, 2.45) is 5.92 Å². The second kappa shape index (κ2) is 17.9. The smallest absolute Gasteiger partial charge is 0.415 e. The number of hydrogen-bond acceptors (Lipinski definition) is 7. The molecule has 11 nitrogen and oxygen atoms in total. The summed E-state index contributed by atoms with van der Waals surface area (Å²) >= 11 is 0. The number of amides is 3. The number of nitrogens with zero attached hydrogens (tertiary/aromatic N) is 3. The molecule has 4 aromatic carbocycles. The fourth-order valence-corrected chi connectivity index (χ4v) is 6.62. The van der Waals surface area contributed by atoms with Gasteiger partial charge in [-0.15, -0.1) is 0 Å². The molecule has 292 valence electrons. The highest BCUT2D eigenvalue weighted by Gasteiger charge is 2.39. The van der Waals surface area contributed by atoms with E-state index in [2.05, 4.69) is 47.0 Å². The first-order valence-corrected chi connectivity index (χ1v) is 18.7. The highest BCUT2D eigenvalue weighted by Crippen LogP contribution is 2.40. The third-order valence-electron chi connectivity index (χ3n) is 9.34. The maximum atomic E-state index is 14.1. The number of aromatic nitrogens is 2. The number of esters is 1. The van der Waals surface area contributed by atoms with Crippen molar-refractivity contribution in [1.29, 1.82) is 0 Å². The third-order valence-corrected chi connectivity index (χ3v) is 9.34. The summed E-state index contributed by atoms with van der Waals surface area (Å²) in [5.74, 6) is -2.16. The van der Waals surface area contributed by atoms with Gasteiger partial charge in [-0.2, -0.15) is 0 Å². The molecule has 0 aliphatic heterocycles. The molecule has 2 N–H and O–H groups in total. The summed E-state index contributed by atoms with van der Waals surface area (Å²) in [6.07, 6.45) is 2.84. The van der Waals surface area contributed by atoms with Crippen LogP contribution in [-0.2, 0) is 35.8 Å². The summed E-state index contributed by atoms with van der Waals surface area (Å²) in [4.78, 5) is 60.3. The molecule has 0 radical (unpaired) electrons. The van der Waals surface area contributed by atoms with E-state index in [4.69, 9.17) is 14.5 Å². The lowest BCUT2D eigenvalue weighted by molar-refractivity contribution is -0.146. The van der Waals surface area contributed by atoms with Gasteiger partial charge in [0.25, 0.3) is 0 Å². The molecule has 0 aliphatic rings. The van der Waals surface area contributed by atoms with Crippen molar-refractivity contribution >= 4 is 29.6 Å². The summed E-state index contributed by atoms with van der Waals surface area (Å²) in [5, 5.41) is 5.62. The maximum Gasteiger partial charge on any atom is 0.415 e. The van der Waals surface area contributed by atoms with Crippen molar-refractivity contribution < 1.29 is 28.7 Å². The molecular formula is C45H51N5O6. The van der Waals surface area contributed by atoms with Crippen molar-refractivity contribution in [3.05, 3.63) is 156 Å².